The van der Waals surface area contributed by atoms with E-state index in [1.165, 1.54) is 65.0 Å². The molecule has 0 bridgehead atoms. The molecule has 0 atom stereocenters. The standard InChI is InChI=1S/C27H21N3/c1-28-7-4-16-10-19-22(13-25(16)28)20-11-17-5-8-30(3)27(17)15-24(20)21-12-18-6-9-29(2)26(18)14-23(19)21/h4-15H,1-3H3. The van der Waals surface area contributed by atoms with Gasteiger partial charge in [0.25, 0.3) is 0 Å². The van der Waals surface area contributed by atoms with Crippen LogP contribution in [0.2, 0.25) is 0 Å². The van der Waals surface area contributed by atoms with E-state index in [0.29, 0.717) is 0 Å². The van der Waals surface area contributed by atoms with Crippen LogP contribution in [0.25, 0.3) is 65.0 Å². The van der Waals surface area contributed by atoms with E-state index in [1.54, 1.807) is 0 Å². The molecular weight excluding hydrogens is 366 g/mol. The van der Waals surface area contributed by atoms with Crippen LogP contribution in [-0.2, 0) is 21.1 Å². The molecule has 0 aliphatic carbocycles. The first-order valence-corrected chi connectivity index (χ1v) is 10.4. The number of hydrogen-bond acceptors (Lipinski definition) is 0. The summed E-state index contributed by atoms with van der Waals surface area (Å²) < 4.78 is 6.64. The lowest BCUT2D eigenvalue weighted by atomic mass is 9.92. The summed E-state index contributed by atoms with van der Waals surface area (Å²) >= 11 is 0. The molecule has 0 aliphatic heterocycles. The molecule has 144 valence electrons. The van der Waals surface area contributed by atoms with Gasteiger partial charge in [-0.3, -0.25) is 0 Å². The molecule has 0 spiro atoms. The van der Waals surface area contributed by atoms with Gasteiger partial charge < -0.3 is 13.7 Å². The Kier molecular flexibility index (Phi) is 2.82. The van der Waals surface area contributed by atoms with Gasteiger partial charge in [-0.05, 0) is 86.9 Å². The topological polar surface area (TPSA) is 14.8 Å². The minimum absolute atomic E-state index is 1.27. The van der Waals surface area contributed by atoms with E-state index in [4.69, 9.17) is 0 Å². The van der Waals surface area contributed by atoms with Crippen LogP contribution in [0, 0.1) is 0 Å². The van der Waals surface area contributed by atoms with Gasteiger partial charge >= 0.3 is 0 Å². The van der Waals surface area contributed by atoms with E-state index < -0.39 is 0 Å². The van der Waals surface area contributed by atoms with Gasteiger partial charge in [0.15, 0.2) is 0 Å². The lowest BCUT2D eigenvalue weighted by Crippen LogP contribution is -1.90. The predicted octanol–water partition coefficient (Wildman–Crippen LogP) is 6.62. The maximum Gasteiger partial charge on any atom is 0.0484 e. The lowest BCUT2D eigenvalue weighted by molar-refractivity contribution is 0.970. The zero-order valence-electron chi connectivity index (χ0n) is 17.3. The molecule has 3 heterocycles. The van der Waals surface area contributed by atoms with E-state index in [-0.39, 0.29) is 0 Å². The summed E-state index contributed by atoms with van der Waals surface area (Å²) in [5.41, 5.74) is 3.82. The van der Waals surface area contributed by atoms with E-state index in [1.807, 2.05) is 0 Å². The maximum absolute atomic E-state index is 2.37. The number of aryl methyl sites for hydroxylation is 3. The van der Waals surface area contributed by atoms with E-state index in [2.05, 4.69) is 108 Å². The first-order valence-electron chi connectivity index (χ1n) is 10.4. The Hall–Kier alpha value is -3.72. The van der Waals surface area contributed by atoms with Crippen molar-refractivity contribution in [2.75, 3.05) is 0 Å². The number of fused-ring (bicyclic) bond motifs is 9. The highest BCUT2D eigenvalue weighted by molar-refractivity contribution is 6.30. The molecule has 0 saturated carbocycles. The Morgan fingerprint density at radius 1 is 0.400 bits per heavy atom. The predicted molar refractivity (Wildman–Crippen MR) is 128 cm³/mol. The molecule has 4 aromatic carbocycles. The monoisotopic (exact) mass is 387 g/mol. The van der Waals surface area contributed by atoms with Crippen molar-refractivity contribution in [3.8, 4) is 0 Å². The molecule has 7 rings (SSSR count). The molecule has 0 unspecified atom stereocenters. The Morgan fingerprint density at radius 3 is 0.967 bits per heavy atom. The summed E-state index contributed by atoms with van der Waals surface area (Å²) in [6.45, 7) is 0. The van der Waals surface area contributed by atoms with Crippen LogP contribution in [0.3, 0.4) is 0 Å². The molecule has 7 aromatic rings. The molecule has 0 aliphatic rings. The Balaban J connectivity index is 1.84. The van der Waals surface area contributed by atoms with Gasteiger partial charge in [0.05, 0.1) is 0 Å². The summed E-state index contributed by atoms with van der Waals surface area (Å²) in [5, 5.41) is 11.8. The summed E-state index contributed by atoms with van der Waals surface area (Å²) in [4.78, 5) is 0. The van der Waals surface area contributed by atoms with Crippen molar-refractivity contribution >= 4 is 65.0 Å². The van der Waals surface area contributed by atoms with Crippen molar-refractivity contribution in [3.05, 3.63) is 73.2 Å². The summed E-state index contributed by atoms with van der Waals surface area (Å²) in [5.74, 6) is 0. The molecule has 0 saturated heterocycles. The third kappa shape index (κ3) is 1.90. The minimum Gasteiger partial charge on any atom is -0.351 e. The summed E-state index contributed by atoms with van der Waals surface area (Å²) in [6.07, 6.45) is 6.45. The Morgan fingerprint density at radius 2 is 0.667 bits per heavy atom. The fraction of sp³-hybridized carbons (Fsp3) is 0.111. The van der Waals surface area contributed by atoms with Crippen LogP contribution >= 0.6 is 0 Å². The van der Waals surface area contributed by atoms with Crippen molar-refractivity contribution in [1.82, 2.24) is 13.7 Å². The molecular formula is C27H21N3. The molecule has 0 amide bonds. The van der Waals surface area contributed by atoms with Crippen LogP contribution in [0.5, 0.6) is 0 Å². The molecule has 3 aromatic heterocycles. The number of benzene rings is 4. The van der Waals surface area contributed by atoms with Crippen LogP contribution in [0.15, 0.2) is 73.2 Å². The average molecular weight is 387 g/mol. The Labute approximate surface area is 173 Å². The van der Waals surface area contributed by atoms with Gasteiger partial charge in [-0.15, -0.1) is 0 Å². The van der Waals surface area contributed by atoms with Crippen LogP contribution in [0.1, 0.15) is 0 Å². The van der Waals surface area contributed by atoms with Crippen LogP contribution < -0.4 is 0 Å². The molecule has 0 fully saturated rings. The molecule has 0 radical (unpaired) electrons. The number of nitrogens with zero attached hydrogens (tertiary/aromatic N) is 3. The zero-order valence-corrected chi connectivity index (χ0v) is 17.3. The smallest absolute Gasteiger partial charge is 0.0484 e. The van der Waals surface area contributed by atoms with E-state index in [9.17, 15) is 0 Å². The second-order valence-corrected chi connectivity index (χ2v) is 8.65. The van der Waals surface area contributed by atoms with Crippen molar-refractivity contribution in [2.45, 2.75) is 0 Å². The van der Waals surface area contributed by atoms with Gasteiger partial charge in [-0.1, -0.05) is 0 Å². The first-order chi connectivity index (χ1) is 14.6. The fourth-order valence-electron chi connectivity index (χ4n) is 5.29. The van der Waals surface area contributed by atoms with Crippen LogP contribution in [-0.4, -0.2) is 13.7 Å². The highest BCUT2D eigenvalue weighted by Crippen LogP contribution is 2.40. The second-order valence-electron chi connectivity index (χ2n) is 8.65. The molecule has 30 heavy (non-hydrogen) atoms. The normalized spacial score (nSPS) is 12.5. The van der Waals surface area contributed by atoms with Gasteiger partial charge in [0.1, 0.15) is 0 Å². The SMILES string of the molecule is Cn1ccc2cc3c(cc21)c1cc2ccn(C)c2cc1c1cc2ccn(C)c2cc31. The largest absolute Gasteiger partial charge is 0.351 e. The van der Waals surface area contributed by atoms with E-state index >= 15 is 0 Å². The van der Waals surface area contributed by atoms with Gasteiger partial charge in [-0.2, -0.15) is 0 Å². The highest BCUT2D eigenvalue weighted by Gasteiger charge is 2.14. The fourth-order valence-corrected chi connectivity index (χ4v) is 5.29. The minimum atomic E-state index is 1.27. The van der Waals surface area contributed by atoms with Crippen molar-refractivity contribution < 1.29 is 0 Å². The van der Waals surface area contributed by atoms with Crippen molar-refractivity contribution in [3.63, 3.8) is 0 Å². The molecule has 3 heteroatoms. The van der Waals surface area contributed by atoms with Gasteiger partial charge in [0, 0.05) is 72.4 Å². The number of rotatable bonds is 0. The lowest BCUT2D eigenvalue weighted by Gasteiger charge is -2.13. The van der Waals surface area contributed by atoms with Crippen LogP contribution in [0.4, 0.5) is 0 Å². The maximum atomic E-state index is 2.37. The first kappa shape index (κ1) is 16.1. The van der Waals surface area contributed by atoms with Crippen molar-refractivity contribution in [2.24, 2.45) is 21.1 Å². The average Bonchev–Trinajstić information content (AvgIpc) is 3.43. The zero-order chi connectivity index (χ0) is 20.1. The molecule has 0 N–H and O–H groups in total. The van der Waals surface area contributed by atoms with Gasteiger partial charge in [0.2, 0.25) is 0 Å². The number of aromatic nitrogens is 3. The third-order valence-electron chi connectivity index (χ3n) is 6.94. The second kappa shape index (κ2) is 5.25. The highest BCUT2D eigenvalue weighted by atomic mass is 14.9. The van der Waals surface area contributed by atoms with Crippen molar-refractivity contribution in [1.29, 1.82) is 0 Å². The summed E-state index contributed by atoms with van der Waals surface area (Å²) in [6, 6.07) is 20.9. The van der Waals surface area contributed by atoms with E-state index in [0.717, 1.165) is 0 Å². The summed E-state index contributed by atoms with van der Waals surface area (Å²) in [7, 11) is 6.38. The van der Waals surface area contributed by atoms with Gasteiger partial charge in [-0.25, -0.2) is 0 Å². The molecule has 3 nitrogen and oxygen atoms in total. The quantitative estimate of drug-likeness (QED) is 0.260. The Bertz CT molecular complexity index is 1580. The number of hydrogen-bond donors (Lipinski definition) is 0. The third-order valence-corrected chi connectivity index (χ3v) is 6.94.